The second-order valence-electron chi connectivity index (χ2n) is 7.21. The van der Waals surface area contributed by atoms with Crippen molar-refractivity contribution in [3.8, 4) is 0 Å². The number of H-pyrrole nitrogens is 1. The van der Waals surface area contributed by atoms with Crippen molar-refractivity contribution in [2.24, 2.45) is 0 Å². The van der Waals surface area contributed by atoms with Gasteiger partial charge >= 0.3 is 0 Å². The Morgan fingerprint density at radius 2 is 1.83 bits per heavy atom. The van der Waals surface area contributed by atoms with Gasteiger partial charge in [0.15, 0.2) is 9.84 Å². The van der Waals surface area contributed by atoms with Gasteiger partial charge in [0.1, 0.15) is 5.25 Å². The van der Waals surface area contributed by atoms with Crippen LogP contribution in [0.2, 0.25) is 0 Å². The minimum absolute atomic E-state index is 0.0937. The number of amides is 1. The van der Waals surface area contributed by atoms with Crippen LogP contribution in [0.4, 0.5) is 0 Å². The molecule has 0 aliphatic carbocycles. The van der Waals surface area contributed by atoms with Crippen LogP contribution in [0.25, 0.3) is 10.9 Å². The van der Waals surface area contributed by atoms with Crippen LogP contribution in [0.3, 0.4) is 0 Å². The van der Waals surface area contributed by atoms with Gasteiger partial charge in [-0.15, -0.1) is 11.3 Å². The number of carbonyl (C=O) groups excluding carboxylic acids is 1. The summed E-state index contributed by atoms with van der Waals surface area (Å²) in [6.45, 7) is 2.21. The molecule has 0 radical (unpaired) electrons. The highest BCUT2D eigenvalue weighted by Gasteiger charge is 2.34. The van der Waals surface area contributed by atoms with Crippen molar-refractivity contribution in [3.05, 3.63) is 88.2 Å². The van der Waals surface area contributed by atoms with Crippen molar-refractivity contribution in [3.63, 3.8) is 0 Å². The molecule has 7 heteroatoms. The molecule has 0 saturated carbocycles. The van der Waals surface area contributed by atoms with E-state index >= 15 is 0 Å². The van der Waals surface area contributed by atoms with Crippen molar-refractivity contribution >= 4 is 38.0 Å². The van der Waals surface area contributed by atoms with Gasteiger partial charge in [-0.2, -0.15) is 0 Å². The fourth-order valence-electron chi connectivity index (χ4n) is 3.44. The third-order valence-electron chi connectivity index (χ3n) is 5.11. The summed E-state index contributed by atoms with van der Waals surface area (Å²) in [5.41, 5.74) is 2.68. The summed E-state index contributed by atoms with van der Waals surface area (Å²) >= 11 is 1.52. The van der Waals surface area contributed by atoms with Gasteiger partial charge in [-0.05, 0) is 42.1 Å². The summed E-state index contributed by atoms with van der Waals surface area (Å²) in [5.74, 6) is -0.491. The summed E-state index contributed by atoms with van der Waals surface area (Å²) < 4.78 is 26.9. The number of para-hydroxylation sites is 1. The summed E-state index contributed by atoms with van der Waals surface area (Å²) in [7, 11) is -3.88. The van der Waals surface area contributed by atoms with Gasteiger partial charge in [-0.25, -0.2) is 8.42 Å². The second kappa shape index (κ2) is 8.45. The number of aryl methyl sites for hydroxylation is 1. The van der Waals surface area contributed by atoms with Crippen LogP contribution in [0.5, 0.6) is 0 Å². The highest BCUT2D eigenvalue weighted by Crippen LogP contribution is 2.25. The highest BCUT2D eigenvalue weighted by atomic mass is 32.2. The lowest BCUT2D eigenvalue weighted by molar-refractivity contribution is -0.120. The Kier molecular flexibility index (Phi) is 5.74. The molecule has 0 spiro atoms. The van der Waals surface area contributed by atoms with E-state index < -0.39 is 21.0 Å². The number of carbonyl (C=O) groups is 1. The molecular weight excluding hydrogens is 416 g/mol. The van der Waals surface area contributed by atoms with Crippen LogP contribution in [-0.2, 0) is 27.6 Å². The average molecular weight is 439 g/mol. The molecule has 0 unspecified atom stereocenters. The van der Waals surface area contributed by atoms with Crippen LogP contribution < -0.4 is 5.32 Å². The number of fused-ring (bicyclic) bond motifs is 1. The van der Waals surface area contributed by atoms with E-state index in [4.69, 9.17) is 0 Å². The van der Waals surface area contributed by atoms with Gasteiger partial charge in [0, 0.05) is 28.4 Å². The monoisotopic (exact) mass is 438 g/mol. The number of sulfone groups is 1. The molecule has 0 aliphatic rings. The molecule has 2 aromatic heterocycles. The number of aromatic nitrogens is 1. The minimum atomic E-state index is -3.88. The van der Waals surface area contributed by atoms with Crippen LogP contribution in [0.15, 0.2) is 77.1 Å². The normalized spacial score (nSPS) is 12.7. The molecule has 154 valence electrons. The minimum Gasteiger partial charge on any atom is -0.361 e. The zero-order valence-electron chi connectivity index (χ0n) is 16.5. The predicted octanol–water partition coefficient (Wildman–Crippen LogP) is 4.24. The van der Waals surface area contributed by atoms with Crippen molar-refractivity contribution in [2.45, 2.75) is 30.0 Å². The van der Waals surface area contributed by atoms with E-state index in [9.17, 15) is 13.2 Å². The van der Waals surface area contributed by atoms with E-state index in [2.05, 4.69) is 10.3 Å². The maximum atomic E-state index is 13.4. The Hall–Kier alpha value is -2.90. The van der Waals surface area contributed by atoms with E-state index in [0.29, 0.717) is 6.54 Å². The number of benzene rings is 2. The number of rotatable bonds is 7. The van der Waals surface area contributed by atoms with Gasteiger partial charge in [-0.1, -0.05) is 42.0 Å². The lowest BCUT2D eigenvalue weighted by Gasteiger charge is -2.17. The zero-order chi connectivity index (χ0) is 21.1. The Bertz CT molecular complexity index is 1260. The van der Waals surface area contributed by atoms with Gasteiger partial charge < -0.3 is 10.3 Å². The average Bonchev–Trinajstić information content (AvgIpc) is 3.40. The third-order valence-corrected chi connectivity index (χ3v) is 8.05. The van der Waals surface area contributed by atoms with Crippen LogP contribution in [0.1, 0.15) is 16.0 Å². The number of hydrogen-bond acceptors (Lipinski definition) is 4. The van der Waals surface area contributed by atoms with Gasteiger partial charge in [0.2, 0.25) is 5.91 Å². The maximum absolute atomic E-state index is 13.4. The Labute approximate surface area is 179 Å². The van der Waals surface area contributed by atoms with Crippen molar-refractivity contribution in [1.82, 2.24) is 10.3 Å². The SMILES string of the molecule is Cc1ccc(S(=O)(=O)[C@@H](Cc2c[nH]c3ccccc23)C(=O)NCc2cccs2)cc1. The first kappa shape index (κ1) is 20.4. The quantitative estimate of drug-likeness (QED) is 0.453. The molecule has 2 N–H and O–H groups in total. The molecule has 1 amide bonds. The molecule has 2 aromatic carbocycles. The molecule has 1 atom stereocenters. The van der Waals surface area contributed by atoms with Crippen molar-refractivity contribution in [1.29, 1.82) is 0 Å². The van der Waals surface area contributed by atoms with E-state index in [0.717, 1.165) is 26.9 Å². The van der Waals surface area contributed by atoms with Crippen LogP contribution in [0, 0.1) is 6.92 Å². The first-order chi connectivity index (χ1) is 14.4. The highest BCUT2D eigenvalue weighted by molar-refractivity contribution is 7.92. The maximum Gasteiger partial charge on any atom is 0.239 e. The van der Waals surface area contributed by atoms with Gasteiger partial charge in [-0.3, -0.25) is 4.79 Å². The standard InChI is InChI=1S/C23H22N2O3S2/c1-16-8-10-19(11-9-16)30(27,28)22(23(26)25-15-18-5-4-12-29-18)13-17-14-24-21-7-3-2-6-20(17)21/h2-12,14,22,24H,13,15H2,1H3,(H,25,26)/t22-/m0/s1. The zero-order valence-corrected chi connectivity index (χ0v) is 18.1. The topological polar surface area (TPSA) is 79.0 Å². The Balaban J connectivity index is 1.68. The lowest BCUT2D eigenvalue weighted by atomic mass is 10.1. The number of nitrogens with one attached hydrogen (secondary N) is 2. The molecule has 2 heterocycles. The van der Waals surface area contributed by atoms with E-state index in [1.807, 2.05) is 48.7 Å². The molecule has 0 bridgehead atoms. The first-order valence-corrected chi connectivity index (χ1v) is 12.0. The van der Waals surface area contributed by atoms with Crippen molar-refractivity contribution in [2.75, 3.05) is 0 Å². The molecule has 4 rings (SSSR count). The molecule has 0 fully saturated rings. The van der Waals surface area contributed by atoms with Gasteiger partial charge in [0.25, 0.3) is 0 Å². The fraction of sp³-hybridized carbons (Fsp3) is 0.174. The predicted molar refractivity (Wildman–Crippen MR) is 120 cm³/mol. The summed E-state index contributed by atoms with van der Waals surface area (Å²) in [4.78, 5) is 17.4. The molecule has 0 saturated heterocycles. The van der Waals surface area contributed by atoms with E-state index in [1.165, 1.54) is 11.3 Å². The van der Waals surface area contributed by atoms with E-state index in [1.54, 1.807) is 30.5 Å². The number of hydrogen-bond donors (Lipinski definition) is 2. The largest absolute Gasteiger partial charge is 0.361 e. The fourth-order valence-corrected chi connectivity index (χ4v) is 5.69. The number of aromatic amines is 1. The smallest absolute Gasteiger partial charge is 0.239 e. The Morgan fingerprint density at radius 1 is 1.07 bits per heavy atom. The number of thiophene rings is 1. The van der Waals surface area contributed by atoms with Gasteiger partial charge in [0.05, 0.1) is 11.4 Å². The summed E-state index contributed by atoms with van der Waals surface area (Å²) in [5, 5.41) is 4.44. The molecular formula is C23H22N2O3S2. The molecule has 5 nitrogen and oxygen atoms in total. The second-order valence-corrected chi connectivity index (χ2v) is 10.4. The summed E-state index contributed by atoms with van der Waals surface area (Å²) in [6.07, 6.45) is 1.88. The van der Waals surface area contributed by atoms with Crippen LogP contribution in [-0.4, -0.2) is 24.6 Å². The Morgan fingerprint density at radius 3 is 2.57 bits per heavy atom. The third kappa shape index (κ3) is 4.17. The molecule has 4 aromatic rings. The van der Waals surface area contributed by atoms with Crippen molar-refractivity contribution < 1.29 is 13.2 Å². The lowest BCUT2D eigenvalue weighted by Crippen LogP contribution is -2.41. The summed E-state index contributed by atoms with van der Waals surface area (Å²) in [6, 6.07) is 18.1. The molecule has 0 aliphatic heterocycles. The first-order valence-electron chi connectivity index (χ1n) is 9.61. The molecule has 30 heavy (non-hydrogen) atoms. The van der Waals surface area contributed by atoms with Crippen LogP contribution >= 0.6 is 11.3 Å². The van der Waals surface area contributed by atoms with E-state index in [-0.39, 0.29) is 11.3 Å².